The van der Waals surface area contributed by atoms with Crippen LogP contribution < -0.4 is 24.2 Å². The van der Waals surface area contributed by atoms with Crippen molar-refractivity contribution in [2.45, 2.75) is 60.3 Å². The topological polar surface area (TPSA) is 96.0 Å². The Hall–Kier alpha value is -6.42. The fourth-order valence-electron chi connectivity index (χ4n) is 6.91. The first-order valence-electron chi connectivity index (χ1n) is 21.7. The maximum absolute atomic E-state index is 11.0. The molecule has 0 fully saturated rings. The Bertz CT molecular complexity index is 2180. The van der Waals surface area contributed by atoms with E-state index in [1.807, 2.05) is 31.3 Å². The zero-order valence-electron chi connectivity index (χ0n) is 36.8. The molecule has 0 aliphatic carbocycles. The van der Waals surface area contributed by atoms with Gasteiger partial charge < -0.3 is 24.2 Å². The first-order valence-corrected chi connectivity index (χ1v) is 21.7. The maximum Gasteiger partial charge on any atom is 0.269 e. The third kappa shape index (κ3) is 13.8. The zero-order chi connectivity index (χ0) is 43.4. The van der Waals surface area contributed by atoms with Gasteiger partial charge in [0.25, 0.3) is 5.69 Å². The number of anilines is 3. The Morgan fingerprint density at radius 3 is 1.44 bits per heavy atom. The van der Waals surface area contributed by atoms with E-state index in [0.29, 0.717) is 31.1 Å². The highest BCUT2D eigenvalue weighted by Crippen LogP contribution is 2.33. The molecule has 0 saturated heterocycles. The number of nitro benzene ring substituents is 1. The van der Waals surface area contributed by atoms with Crippen molar-refractivity contribution in [3.8, 4) is 11.5 Å². The number of unbranched alkanes of at least 4 members (excludes halogenated alkanes) is 3. The van der Waals surface area contributed by atoms with Crippen LogP contribution in [-0.2, 0) is 0 Å². The second-order valence-corrected chi connectivity index (χ2v) is 14.8. The summed E-state index contributed by atoms with van der Waals surface area (Å²) < 4.78 is 13.2. The number of benzene rings is 5. The molecule has 5 rings (SSSR count). The predicted octanol–water partition coefficient (Wildman–Crippen LogP) is 13.5. The van der Waals surface area contributed by atoms with Crippen molar-refractivity contribution in [3.05, 3.63) is 142 Å². The molecule has 320 valence electrons. The molecule has 0 unspecified atom stereocenters. The Balaban J connectivity index is 1.38. The lowest BCUT2D eigenvalue weighted by Crippen LogP contribution is -2.23. The summed E-state index contributed by atoms with van der Waals surface area (Å²) in [4.78, 5) is 17.4. The highest BCUT2D eigenvalue weighted by molar-refractivity contribution is 5.79. The van der Waals surface area contributed by atoms with Gasteiger partial charge in [-0.3, -0.25) is 10.1 Å². The minimum absolute atomic E-state index is 0.0174. The summed E-state index contributed by atoms with van der Waals surface area (Å²) in [5, 5.41) is 19.5. The van der Waals surface area contributed by atoms with Gasteiger partial charge in [0, 0.05) is 73.5 Å². The molecule has 0 aromatic heterocycles. The summed E-state index contributed by atoms with van der Waals surface area (Å²) in [5.41, 5.74) is 8.82. The molecule has 10 nitrogen and oxygen atoms in total. The lowest BCUT2D eigenvalue weighted by molar-refractivity contribution is -0.384. The molecule has 0 amide bonds. The maximum atomic E-state index is 11.0. The summed E-state index contributed by atoms with van der Waals surface area (Å²) in [6.45, 7) is 16.6. The van der Waals surface area contributed by atoms with Crippen LogP contribution in [0.25, 0.3) is 24.3 Å². The molecule has 0 atom stereocenters. The lowest BCUT2D eigenvalue weighted by Gasteiger charge is -2.21. The third-order valence-corrected chi connectivity index (χ3v) is 10.7. The zero-order valence-corrected chi connectivity index (χ0v) is 36.8. The Morgan fingerprint density at radius 1 is 0.557 bits per heavy atom. The van der Waals surface area contributed by atoms with E-state index < -0.39 is 4.92 Å². The Kier molecular flexibility index (Phi) is 18.0. The van der Waals surface area contributed by atoms with Crippen LogP contribution in [0.4, 0.5) is 34.1 Å². The molecule has 61 heavy (non-hydrogen) atoms. The normalized spacial score (nSPS) is 11.4. The van der Waals surface area contributed by atoms with E-state index in [0.717, 1.165) is 78.5 Å². The van der Waals surface area contributed by atoms with E-state index in [-0.39, 0.29) is 5.69 Å². The summed E-state index contributed by atoms with van der Waals surface area (Å²) in [7, 11) is 2.04. The van der Waals surface area contributed by atoms with Crippen LogP contribution in [0.2, 0.25) is 0 Å². The van der Waals surface area contributed by atoms with E-state index in [2.05, 4.69) is 145 Å². The number of hydrogen-bond donors (Lipinski definition) is 0. The van der Waals surface area contributed by atoms with Crippen LogP contribution >= 0.6 is 0 Å². The van der Waals surface area contributed by atoms with Crippen LogP contribution in [0, 0.1) is 10.1 Å². The van der Waals surface area contributed by atoms with E-state index in [9.17, 15) is 10.1 Å². The first-order chi connectivity index (χ1) is 29.7. The van der Waals surface area contributed by atoms with E-state index in [1.165, 1.54) is 36.3 Å². The van der Waals surface area contributed by atoms with Crippen LogP contribution in [0.15, 0.2) is 119 Å². The number of hydrogen-bond acceptors (Lipinski definition) is 9. The summed E-state index contributed by atoms with van der Waals surface area (Å²) in [5.74, 6) is 1.61. The van der Waals surface area contributed by atoms with Gasteiger partial charge in [0.15, 0.2) is 0 Å². The fourth-order valence-corrected chi connectivity index (χ4v) is 6.91. The fraction of sp³-hybridized carbons (Fsp3) is 0.333. The summed E-state index contributed by atoms with van der Waals surface area (Å²) in [6, 6.07) is 35.4. The molecule has 0 aliphatic rings. The van der Waals surface area contributed by atoms with Gasteiger partial charge in [0.2, 0.25) is 0 Å². The van der Waals surface area contributed by atoms with E-state index in [1.54, 1.807) is 12.1 Å². The SMILES string of the molecule is CCCCCCOc1cc(/C=C/c2ccc(N(CC)CC)cc2)c(OCCN(C)c2ccc(N=Nc3ccc([N+](=O)[O-])cc3)cc2)cc1/C=C/c1ccc(N(CC)CC)cc1. The molecule has 0 bridgehead atoms. The van der Waals surface area contributed by atoms with Crippen molar-refractivity contribution in [1.29, 1.82) is 0 Å². The molecule has 0 aliphatic heterocycles. The van der Waals surface area contributed by atoms with E-state index in [4.69, 9.17) is 9.47 Å². The number of ether oxygens (including phenoxy) is 2. The third-order valence-electron chi connectivity index (χ3n) is 10.7. The molecule has 5 aromatic carbocycles. The molecule has 0 saturated carbocycles. The van der Waals surface area contributed by atoms with Crippen molar-refractivity contribution in [2.24, 2.45) is 10.2 Å². The van der Waals surface area contributed by atoms with E-state index >= 15 is 0 Å². The standard InChI is InChI=1S/C51H62N6O4/c1-7-12-13-14-36-60-50-38-43(22-16-41-19-29-48(30-20-41)56(10-4)11-5)51(39-42(50)21-15-40-17-27-47(28-18-40)55(8-2)9-3)61-37-35-54(6)46-31-23-44(24-32-46)52-53-45-25-33-49(34-26-45)57(58)59/h15-34,38-39H,7-14,35-37H2,1-6H3/b21-15+,22-16+,53-52?. The van der Waals surface area contributed by atoms with Gasteiger partial charge in [-0.05, 0) is 118 Å². The summed E-state index contributed by atoms with van der Waals surface area (Å²) in [6.07, 6.45) is 13.1. The van der Waals surface area contributed by atoms with Gasteiger partial charge in [0.05, 0.1) is 29.4 Å². The molecule has 0 radical (unpaired) electrons. The average molecular weight is 823 g/mol. The van der Waals surface area contributed by atoms with Crippen molar-refractivity contribution in [1.82, 2.24) is 0 Å². The van der Waals surface area contributed by atoms with Crippen molar-refractivity contribution in [2.75, 3.05) is 67.7 Å². The number of rotatable bonds is 24. The predicted molar refractivity (Wildman–Crippen MR) is 256 cm³/mol. The van der Waals surface area contributed by atoms with Crippen LogP contribution in [0.5, 0.6) is 11.5 Å². The smallest absolute Gasteiger partial charge is 0.269 e. The first kappa shape index (κ1) is 45.7. The van der Waals surface area contributed by atoms with Crippen LogP contribution in [0.1, 0.15) is 82.6 Å². The minimum atomic E-state index is -0.433. The molecular formula is C51H62N6O4. The number of likely N-dealkylation sites (N-methyl/N-ethyl adjacent to an activating group) is 1. The lowest BCUT2D eigenvalue weighted by atomic mass is 10.0. The van der Waals surface area contributed by atoms with Gasteiger partial charge in [-0.25, -0.2) is 0 Å². The molecule has 0 heterocycles. The van der Waals surface area contributed by atoms with Crippen molar-refractivity contribution in [3.63, 3.8) is 0 Å². The number of azo groups is 1. The van der Waals surface area contributed by atoms with Gasteiger partial charge in [-0.1, -0.05) is 74.8 Å². The molecule has 0 N–H and O–H groups in total. The van der Waals surface area contributed by atoms with Crippen LogP contribution in [-0.4, -0.2) is 57.9 Å². The second-order valence-electron chi connectivity index (χ2n) is 14.8. The monoisotopic (exact) mass is 822 g/mol. The second kappa shape index (κ2) is 24.0. The molecule has 5 aromatic rings. The van der Waals surface area contributed by atoms with Gasteiger partial charge in [-0.15, -0.1) is 0 Å². The van der Waals surface area contributed by atoms with Crippen LogP contribution in [0.3, 0.4) is 0 Å². The van der Waals surface area contributed by atoms with Gasteiger partial charge in [-0.2, -0.15) is 10.2 Å². The number of nitro groups is 1. The quantitative estimate of drug-likeness (QED) is 0.0201. The molecule has 10 heteroatoms. The van der Waals surface area contributed by atoms with Crippen molar-refractivity contribution < 1.29 is 14.4 Å². The number of non-ortho nitro benzene ring substituents is 1. The van der Waals surface area contributed by atoms with Gasteiger partial charge >= 0.3 is 0 Å². The van der Waals surface area contributed by atoms with Gasteiger partial charge in [0.1, 0.15) is 18.1 Å². The highest BCUT2D eigenvalue weighted by atomic mass is 16.6. The Morgan fingerprint density at radius 2 is 1.00 bits per heavy atom. The minimum Gasteiger partial charge on any atom is -0.493 e. The average Bonchev–Trinajstić information content (AvgIpc) is 3.29. The summed E-state index contributed by atoms with van der Waals surface area (Å²) >= 11 is 0. The van der Waals surface area contributed by atoms with Crippen molar-refractivity contribution >= 4 is 58.4 Å². The Labute approximate surface area is 363 Å². The molecule has 0 spiro atoms. The number of nitrogens with zero attached hydrogens (tertiary/aromatic N) is 6. The largest absolute Gasteiger partial charge is 0.493 e. The molecular weight excluding hydrogens is 761 g/mol. The highest BCUT2D eigenvalue weighted by Gasteiger charge is 2.12.